The van der Waals surface area contributed by atoms with E-state index in [2.05, 4.69) is 5.16 Å². The number of rotatable bonds is 4. The summed E-state index contributed by atoms with van der Waals surface area (Å²) in [7, 11) is 0. The third-order valence-electron chi connectivity index (χ3n) is 3.41. The van der Waals surface area contributed by atoms with Gasteiger partial charge in [-0.05, 0) is 5.56 Å². The molecule has 0 unspecified atom stereocenters. The standard InChI is InChI=1S/C14H19NO6S/c16-7-9-11(17)12(18)13(19)14(21-9)22-10(15-20)6-8-4-2-1-3-5-8/h1-5,9,11-14,16-20H,6-7H2/b15-10+/t9-,11-,12+,13-,14+/m1/s1. The number of hydrogen-bond donors (Lipinski definition) is 5. The topological polar surface area (TPSA) is 123 Å². The van der Waals surface area contributed by atoms with Gasteiger partial charge in [0, 0.05) is 6.42 Å². The summed E-state index contributed by atoms with van der Waals surface area (Å²) in [6, 6.07) is 9.29. The van der Waals surface area contributed by atoms with Gasteiger partial charge in [-0.1, -0.05) is 47.2 Å². The van der Waals surface area contributed by atoms with Crippen molar-refractivity contribution in [3.05, 3.63) is 35.9 Å². The molecule has 7 nitrogen and oxygen atoms in total. The Morgan fingerprint density at radius 1 is 1.09 bits per heavy atom. The van der Waals surface area contributed by atoms with Crippen LogP contribution < -0.4 is 0 Å². The lowest BCUT2D eigenvalue weighted by Gasteiger charge is -2.39. The maximum Gasteiger partial charge on any atom is 0.138 e. The van der Waals surface area contributed by atoms with Crippen molar-refractivity contribution in [1.29, 1.82) is 0 Å². The van der Waals surface area contributed by atoms with Crippen molar-refractivity contribution in [3.8, 4) is 0 Å². The molecule has 5 N–H and O–H groups in total. The first-order chi connectivity index (χ1) is 10.6. The molecule has 8 heteroatoms. The highest BCUT2D eigenvalue weighted by Gasteiger charge is 2.44. The van der Waals surface area contributed by atoms with Gasteiger partial charge in [0.2, 0.25) is 0 Å². The van der Waals surface area contributed by atoms with Crippen molar-refractivity contribution in [2.24, 2.45) is 5.16 Å². The first-order valence-electron chi connectivity index (χ1n) is 6.79. The van der Waals surface area contributed by atoms with E-state index in [-0.39, 0.29) is 5.04 Å². The molecular weight excluding hydrogens is 310 g/mol. The Hall–Kier alpha value is -1.16. The quantitative estimate of drug-likeness (QED) is 0.219. The smallest absolute Gasteiger partial charge is 0.138 e. The van der Waals surface area contributed by atoms with Crippen LogP contribution in [0.3, 0.4) is 0 Å². The van der Waals surface area contributed by atoms with Crippen molar-refractivity contribution in [1.82, 2.24) is 0 Å². The Bertz CT molecular complexity index is 497. The number of nitrogens with zero attached hydrogens (tertiary/aromatic N) is 1. The molecule has 22 heavy (non-hydrogen) atoms. The van der Waals surface area contributed by atoms with E-state index in [9.17, 15) is 15.3 Å². The highest BCUT2D eigenvalue weighted by Crippen LogP contribution is 2.30. The van der Waals surface area contributed by atoms with E-state index in [0.717, 1.165) is 17.3 Å². The minimum absolute atomic E-state index is 0.288. The Morgan fingerprint density at radius 3 is 2.36 bits per heavy atom. The average Bonchev–Trinajstić information content (AvgIpc) is 2.55. The third-order valence-corrected chi connectivity index (χ3v) is 4.53. The molecule has 1 fully saturated rings. The predicted octanol–water partition coefficient (Wildman–Crippen LogP) is -0.450. The number of thioether (sulfide) groups is 1. The van der Waals surface area contributed by atoms with Crippen molar-refractivity contribution in [3.63, 3.8) is 0 Å². The van der Waals surface area contributed by atoms with Crippen molar-refractivity contribution >= 4 is 16.8 Å². The third kappa shape index (κ3) is 3.97. The van der Waals surface area contributed by atoms with Gasteiger partial charge in [0.15, 0.2) is 0 Å². The fourth-order valence-electron chi connectivity index (χ4n) is 2.17. The Labute approximate surface area is 131 Å². The van der Waals surface area contributed by atoms with Gasteiger partial charge in [0.25, 0.3) is 0 Å². The van der Waals surface area contributed by atoms with Gasteiger partial charge in [0.1, 0.15) is 34.9 Å². The summed E-state index contributed by atoms with van der Waals surface area (Å²) in [6.07, 6.45) is -4.86. The second-order valence-corrected chi connectivity index (χ2v) is 6.14. The number of aliphatic hydroxyl groups excluding tert-OH is 4. The molecule has 0 bridgehead atoms. The molecule has 2 rings (SSSR count). The SMILES string of the molecule is OC[C@H]1O[C@@H](S/C(Cc2ccccc2)=N/O)[C@H](O)[C@@H](O)[C@@H]1O. The normalized spacial score (nSPS) is 32.9. The molecule has 1 aliphatic heterocycles. The largest absolute Gasteiger partial charge is 0.410 e. The minimum atomic E-state index is -1.44. The van der Waals surface area contributed by atoms with Crippen LogP contribution in [0.5, 0.6) is 0 Å². The lowest BCUT2D eigenvalue weighted by atomic mass is 10.0. The molecule has 0 aliphatic carbocycles. The van der Waals surface area contributed by atoms with Crippen LogP contribution >= 0.6 is 11.8 Å². The van der Waals surface area contributed by atoms with Crippen molar-refractivity contribution < 1.29 is 30.4 Å². The summed E-state index contributed by atoms with van der Waals surface area (Å²) in [5, 5.41) is 51.1. The summed E-state index contributed by atoms with van der Waals surface area (Å²) in [5.74, 6) is 0. The number of hydrogen-bond acceptors (Lipinski definition) is 8. The highest BCUT2D eigenvalue weighted by molar-refractivity contribution is 8.14. The van der Waals surface area contributed by atoms with Crippen molar-refractivity contribution in [2.45, 2.75) is 36.3 Å². The molecule has 5 atom stereocenters. The maximum absolute atomic E-state index is 9.96. The zero-order valence-electron chi connectivity index (χ0n) is 11.7. The summed E-state index contributed by atoms with van der Waals surface area (Å²) in [6.45, 7) is -0.494. The fourth-order valence-corrected chi connectivity index (χ4v) is 3.23. The minimum Gasteiger partial charge on any atom is -0.410 e. The van der Waals surface area contributed by atoms with Crippen LogP contribution in [0.1, 0.15) is 5.56 Å². The van der Waals surface area contributed by atoms with E-state index in [1.54, 1.807) is 0 Å². The van der Waals surface area contributed by atoms with E-state index in [1.807, 2.05) is 30.3 Å². The van der Waals surface area contributed by atoms with Crippen LogP contribution in [-0.2, 0) is 11.2 Å². The van der Waals surface area contributed by atoms with Crippen LogP contribution in [0.15, 0.2) is 35.5 Å². The van der Waals surface area contributed by atoms with Gasteiger partial charge in [-0.15, -0.1) is 0 Å². The zero-order chi connectivity index (χ0) is 16.1. The average molecular weight is 329 g/mol. The fraction of sp³-hybridized carbons (Fsp3) is 0.500. The molecule has 1 aromatic carbocycles. The van der Waals surface area contributed by atoms with Gasteiger partial charge >= 0.3 is 0 Å². The monoisotopic (exact) mass is 329 g/mol. The summed E-state index contributed by atoms with van der Waals surface area (Å²) < 4.78 is 5.36. The van der Waals surface area contributed by atoms with Gasteiger partial charge in [0.05, 0.1) is 6.61 Å². The number of ether oxygens (including phenoxy) is 1. The molecule has 1 saturated heterocycles. The molecule has 1 aliphatic rings. The van der Waals surface area contributed by atoms with Crippen molar-refractivity contribution in [2.75, 3.05) is 6.61 Å². The summed E-state index contributed by atoms with van der Waals surface area (Å²) in [4.78, 5) is 0. The van der Waals surface area contributed by atoms with E-state index >= 15 is 0 Å². The summed E-state index contributed by atoms with van der Waals surface area (Å²) in [5.41, 5.74) is -0.0439. The lowest BCUT2D eigenvalue weighted by molar-refractivity contribution is -0.205. The van der Waals surface area contributed by atoms with E-state index in [0.29, 0.717) is 6.42 Å². The molecule has 0 amide bonds. The van der Waals surface area contributed by atoms with Crippen LogP contribution in [0, 0.1) is 0 Å². The van der Waals surface area contributed by atoms with Crippen LogP contribution in [0.2, 0.25) is 0 Å². The van der Waals surface area contributed by atoms with Gasteiger partial charge in [-0.2, -0.15) is 0 Å². The number of aliphatic hydroxyl groups is 4. The molecule has 1 aromatic rings. The molecular formula is C14H19NO6S. The van der Waals surface area contributed by atoms with Crippen LogP contribution in [-0.4, -0.2) is 67.1 Å². The maximum atomic E-state index is 9.96. The van der Waals surface area contributed by atoms with E-state index < -0.39 is 36.5 Å². The molecule has 0 aromatic heterocycles. The number of oxime groups is 1. The summed E-state index contributed by atoms with van der Waals surface area (Å²) >= 11 is 0.939. The van der Waals surface area contributed by atoms with Gasteiger partial charge in [-0.25, -0.2) is 0 Å². The highest BCUT2D eigenvalue weighted by atomic mass is 32.2. The Balaban J connectivity index is 2.04. The molecule has 0 spiro atoms. The van der Waals surface area contributed by atoms with Gasteiger partial charge in [-0.3, -0.25) is 0 Å². The predicted molar refractivity (Wildman–Crippen MR) is 80.7 cm³/mol. The zero-order valence-corrected chi connectivity index (χ0v) is 12.5. The number of benzene rings is 1. The Morgan fingerprint density at radius 2 is 1.77 bits per heavy atom. The van der Waals surface area contributed by atoms with E-state index in [4.69, 9.17) is 15.1 Å². The second-order valence-electron chi connectivity index (χ2n) is 4.97. The molecule has 0 radical (unpaired) electrons. The van der Waals surface area contributed by atoms with Crippen LogP contribution in [0.4, 0.5) is 0 Å². The molecule has 1 heterocycles. The Kier molecular flexibility index (Phi) is 6.18. The van der Waals surface area contributed by atoms with E-state index in [1.165, 1.54) is 0 Å². The molecule has 122 valence electrons. The van der Waals surface area contributed by atoms with Gasteiger partial charge < -0.3 is 30.4 Å². The first kappa shape index (κ1) is 17.2. The first-order valence-corrected chi connectivity index (χ1v) is 7.66. The van der Waals surface area contributed by atoms with Crippen LogP contribution in [0.25, 0.3) is 0 Å². The molecule has 0 saturated carbocycles. The second kappa shape index (κ2) is 7.91. The lowest BCUT2D eigenvalue weighted by Crippen LogP contribution is -2.57.